The molecule has 2 heteroatoms. The van der Waals surface area contributed by atoms with E-state index in [1.54, 1.807) is 0 Å². The van der Waals surface area contributed by atoms with Crippen LogP contribution in [0.25, 0.3) is 0 Å². The smallest absolute Gasteiger partial charge is 0.0568 e. The van der Waals surface area contributed by atoms with Crippen molar-refractivity contribution in [1.29, 1.82) is 0 Å². The van der Waals surface area contributed by atoms with E-state index in [4.69, 9.17) is 5.73 Å². The molecular formula is C9H23NSi. The van der Waals surface area contributed by atoms with Gasteiger partial charge in [0.1, 0.15) is 0 Å². The van der Waals surface area contributed by atoms with Crippen LogP contribution in [0.1, 0.15) is 27.7 Å². The SMILES string of the molecule is CC(C)[Si](C)(CCN)C(C)C. The van der Waals surface area contributed by atoms with E-state index < -0.39 is 8.07 Å². The van der Waals surface area contributed by atoms with Crippen LogP contribution >= 0.6 is 0 Å². The average Bonchev–Trinajstić information content (AvgIpc) is 1.87. The molecule has 0 unspecified atom stereocenters. The zero-order chi connectivity index (χ0) is 9.07. The topological polar surface area (TPSA) is 26.0 Å². The summed E-state index contributed by atoms with van der Waals surface area (Å²) in [6, 6.07) is 1.28. The summed E-state index contributed by atoms with van der Waals surface area (Å²) in [6.45, 7) is 12.8. The lowest BCUT2D eigenvalue weighted by Gasteiger charge is -2.35. The van der Waals surface area contributed by atoms with Crippen molar-refractivity contribution in [3.8, 4) is 0 Å². The van der Waals surface area contributed by atoms with E-state index in [0.29, 0.717) is 0 Å². The molecule has 0 aliphatic heterocycles. The first kappa shape index (κ1) is 11.2. The summed E-state index contributed by atoms with van der Waals surface area (Å²) in [6.07, 6.45) is 0. The van der Waals surface area contributed by atoms with Crippen molar-refractivity contribution >= 4 is 8.07 Å². The van der Waals surface area contributed by atoms with Crippen LogP contribution in [0.3, 0.4) is 0 Å². The third kappa shape index (κ3) is 2.60. The predicted molar refractivity (Wildman–Crippen MR) is 55.7 cm³/mol. The Morgan fingerprint density at radius 2 is 1.45 bits per heavy atom. The van der Waals surface area contributed by atoms with Crippen molar-refractivity contribution < 1.29 is 0 Å². The van der Waals surface area contributed by atoms with Crippen LogP contribution in [-0.2, 0) is 0 Å². The van der Waals surface area contributed by atoms with Gasteiger partial charge in [-0.3, -0.25) is 0 Å². The Labute approximate surface area is 72.4 Å². The Hall–Kier alpha value is 0.177. The van der Waals surface area contributed by atoms with Gasteiger partial charge < -0.3 is 5.73 Å². The Balaban J connectivity index is 4.26. The summed E-state index contributed by atoms with van der Waals surface area (Å²) in [4.78, 5) is 0. The second-order valence-corrected chi connectivity index (χ2v) is 10.2. The fourth-order valence-corrected chi connectivity index (χ4v) is 4.67. The molecule has 0 saturated heterocycles. The first-order valence-corrected chi connectivity index (χ1v) is 7.51. The second-order valence-electron chi connectivity index (χ2n) is 4.35. The lowest BCUT2D eigenvalue weighted by atomic mass is 10.5. The highest BCUT2D eigenvalue weighted by Crippen LogP contribution is 2.34. The van der Waals surface area contributed by atoms with Gasteiger partial charge in [0.05, 0.1) is 8.07 Å². The Kier molecular flexibility index (Phi) is 4.33. The van der Waals surface area contributed by atoms with Crippen LogP contribution in [0.15, 0.2) is 0 Å². The van der Waals surface area contributed by atoms with Gasteiger partial charge in [-0.05, 0) is 12.6 Å². The number of hydrogen-bond acceptors (Lipinski definition) is 1. The molecule has 0 aromatic rings. The Morgan fingerprint density at radius 1 is 1.09 bits per heavy atom. The van der Waals surface area contributed by atoms with Gasteiger partial charge in [-0.1, -0.05) is 45.3 Å². The number of hydrogen-bond donors (Lipinski definition) is 1. The van der Waals surface area contributed by atoms with Crippen LogP contribution in [0.2, 0.25) is 23.7 Å². The van der Waals surface area contributed by atoms with Crippen molar-refractivity contribution in [1.82, 2.24) is 0 Å². The van der Waals surface area contributed by atoms with Crippen LogP contribution in [0, 0.1) is 0 Å². The van der Waals surface area contributed by atoms with Gasteiger partial charge in [-0.2, -0.15) is 0 Å². The molecule has 0 atom stereocenters. The molecule has 0 heterocycles. The van der Waals surface area contributed by atoms with Crippen molar-refractivity contribution in [2.24, 2.45) is 5.73 Å². The maximum absolute atomic E-state index is 5.62. The fourth-order valence-electron chi connectivity index (χ4n) is 1.56. The molecule has 0 saturated carbocycles. The molecule has 0 aliphatic rings. The van der Waals surface area contributed by atoms with E-state index in [0.717, 1.165) is 17.6 Å². The monoisotopic (exact) mass is 173 g/mol. The van der Waals surface area contributed by atoms with Crippen molar-refractivity contribution in [3.63, 3.8) is 0 Å². The normalized spacial score (nSPS) is 13.1. The summed E-state index contributed by atoms with van der Waals surface area (Å²) < 4.78 is 0. The van der Waals surface area contributed by atoms with Gasteiger partial charge in [-0.25, -0.2) is 0 Å². The zero-order valence-corrected chi connectivity index (χ0v) is 9.65. The molecule has 0 rings (SSSR count). The molecule has 0 bridgehead atoms. The largest absolute Gasteiger partial charge is 0.331 e. The fraction of sp³-hybridized carbons (Fsp3) is 1.00. The molecule has 68 valence electrons. The highest BCUT2D eigenvalue weighted by Gasteiger charge is 2.33. The number of rotatable bonds is 4. The first-order valence-electron chi connectivity index (χ1n) is 4.65. The highest BCUT2D eigenvalue weighted by atomic mass is 28.3. The van der Waals surface area contributed by atoms with Crippen LogP contribution in [0.5, 0.6) is 0 Å². The third-order valence-electron chi connectivity index (χ3n) is 3.32. The van der Waals surface area contributed by atoms with E-state index in [-0.39, 0.29) is 0 Å². The van der Waals surface area contributed by atoms with Crippen LogP contribution < -0.4 is 5.73 Å². The Bertz CT molecular complexity index is 102. The standard InChI is InChI=1S/C9H23NSi/c1-8(2)11(5,7-6-10)9(3)4/h8-9H,6-7,10H2,1-5H3. The second kappa shape index (κ2) is 4.26. The Morgan fingerprint density at radius 3 is 1.55 bits per heavy atom. The minimum atomic E-state index is -1.03. The predicted octanol–water partition coefficient (Wildman–Crippen LogP) is 2.84. The minimum Gasteiger partial charge on any atom is -0.331 e. The first-order chi connectivity index (χ1) is 4.95. The average molecular weight is 173 g/mol. The molecular weight excluding hydrogens is 150 g/mol. The van der Waals surface area contributed by atoms with Gasteiger partial charge in [-0.15, -0.1) is 0 Å². The van der Waals surface area contributed by atoms with E-state index in [1.165, 1.54) is 6.04 Å². The zero-order valence-electron chi connectivity index (χ0n) is 8.65. The van der Waals surface area contributed by atoms with Crippen LogP contribution in [-0.4, -0.2) is 14.6 Å². The quantitative estimate of drug-likeness (QED) is 0.650. The van der Waals surface area contributed by atoms with Crippen molar-refractivity contribution in [2.45, 2.75) is 51.4 Å². The molecule has 0 spiro atoms. The molecule has 1 nitrogen and oxygen atoms in total. The van der Waals surface area contributed by atoms with Gasteiger partial charge in [0.25, 0.3) is 0 Å². The summed E-state index contributed by atoms with van der Waals surface area (Å²) in [7, 11) is -1.03. The highest BCUT2D eigenvalue weighted by molar-refractivity contribution is 6.81. The summed E-state index contributed by atoms with van der Waals surface area (Å²) in [5.41, 5.74) is 7.36. The van der Waals surface area contributed by atoms with Crippen molar-refractivity contribution in [2.75, 3.05) is 6.54 Å². The van der Waals surface area contributed by atoms with Crippen molar-refractivity contribution in [3.05, 3.63) is 0 Å². The summed E-state index contributed by atoms with van der Waals surface area (Å²) in [5, 5.41) is 0. The summed E-state index contributed by atoms with van der Waals surface area (Å²) in [5.74, 6) is 0. The van der Waals surface area contributed by atoms with E-state index in [9.17, 15) is 0 Å². The lowest BCUT2D eigenvalue weighted by molar-refractivity contribution is 0.868. The minimum absolute atomic E-state index is 0.867. The van der Waals surface area contributed by atoms with E-state index >= 15 is 0 Å². The molecule has 0 aromatic heterocycles. The van der Waals surface area contributed by atoms with Crippen LogP contribution in [0.4, 0.5) is 0 Å². The molecule has 0 amide bonds. The summed E-state index contributed by atoms with van der Waals surface area (Å²) >= 11 is 0. The van der Waals surface area contributed by atoms with Gasteiger partial charge in [0, 0.05) is 0 Å². The van der Waals surface area contributed by atoms with Gasteiger partial charge >= 0.3 is 0 Å². The van der Waals surface area contributed by atoms with E-state index in [1.807, 2.05) is 0 Å². The molecule has 0 fully saturated rings. The van der Waals surface area contributed by atoms with Gasteiger partial charge in [0.2, 0.25) is 0 Å². The maximum Gasteiger partial charge on any atom is 0.0568 e. The maximum atomic E-state index is 5.62. The lowest BCUT2D eigenvalue weighted by Crippen LogP contribution is -2.39. The van der Waals surface area contributed by atoms with Gasteiger partial charge in [0.15, 0.2) is 0 Å². The number of nitrogens with two attached hydrogens (primary N) is 1. The third-order valence-corrected chi connectivity index (χ3v) is 9.96. The molecule has 0 aliphatic carbocycles. The molecule has 11 heavy (non-hydrogen) atoms. The molecule has 0 radical (unpaired) electrons. The van der Waals surface area contributed by atoms with E-state index in [2.05, 4.69) is 34.2 Å². The molecule has 2 N–H and O–H groups in total. The molecule has 0 aromatic carbocycles.